The second-order valence-corrected chi connectivity index (χ2v) is 10.3. The Hall–Kier alpha value is -3.70. The Morgan fingerprint density at radius 1 is 1.03 bits per heavy atom. The molecule has 1 aliphatic heterocycles. The van der Waals surface area contributed by atoms with E-state index in [9.17, 15) is 22.8 Å². The maximum atomic E-state index is 13.0. The van der Waals surface area contributed by atoms with Gasteiger partial charge in [0.25, 0.3) is 5.56 Å². The second-order valence-electron chi connectivity index (χ2n) is 8.39. The van der Waals surface area contributed by atoms with Crippen molar-refractivity contribution in [3.8, 4) is 0 Å². The predicted octanol–water partition coefficient (Wildman–Crippen LogP) is 1.26. The van der Waals surface area contributed by atoms with Crippen molar-refractivity contribution in [1.29, 1.82) is 0 Å². The van der Waals surface area contributed by atoms with Crippen molar-refractivity contribution in [1.82, 2.24) is 13.4 Å². The third-order valence-electron chi connectivity index (χ3n) is 6.04. The highest BCUT2D eigenvalue weighted by Crippen LogP contribution is 2.23. The van der Waals surface area contributed by atoms with Gasteiger partial charge in [0.2, 0.25) is 10.0 Å². The smallest absolute Gasteiger partial charge is 0.332 e. The maximum Gasteiger partial charge on any atom is 0.332 e. The molecule has 3 N–H and O–H groups in total. The summed E-state index contributed by atoms with van der Waals surface area (Å²) in [5, 5.41) is 2.88. The minimum absolute atomic E-state index is 0.101. The highest BCUT2D eigenvalue weighted by Gasteiger charge is 2.27. The topological polar surface area (TPSA) is 136 Å². The van der Waals surface area contributed by atoms with Crippen molar-refractivity contribution in [2.45, 2.75) is 24.3 Å². The minimum Gasteiger partial charge on any atom is -0.384 e. The normalized spacial score (nSPS) is 14.2. The van der Waals surface area contributed by atoms with E-state index in [2.05, 4.69) is 5.32 Å². The molecule has 0 radical (unpaired) electrons. The van der Waals surface area contributed by atoms with Crippen LogP contribution in [0.15, 0.2) is 69.1 Å². The number of anilines is 2. The Morgan fingerprint density at radius 2 is 1.71 bits per heavy atom. The number of benzene rings is 2. The van der Waals surface area contributed by atoms with E-state index in [4.69, 9.17) is 5.73 Å². The van der Waals surface area contributed by atoms with Crippen LogP contribution < -0.4 is 22.3 Å². The first-order valence-corrected chi connectivity index (χ1v) is 12.6. The van der Waals surface area contributed by atoms with E-state index in [0.717, 1.165) is 23.0 Å². The average molecular weight is 498 g/mol. The van der Waals surface area contributed by atoms with Gasteiger partial charge in [-0.3, -0.25) is 18.7 Å². The van der Waals surface area contributed by atoms with Crippen LogP contribution in [-0.2, 0) is 23.6 Å². The van der Waals surface area contributed by atoms with Gasteiger partial charge >= 0.3 is 5.69 Å². The lowest BCUT2D eigenvalue weighted by molar-refractivity contribution is 0.100. The molecule has 1 fully saturated rings. The fourth-order valence-electron chi connectivity index (χ4n) is 4.08. The van der Waals surface area contributed by atoms with Crippen LogP contribution in [0.25, 0.3) is 0 Å². The van der Waals surface area contributed by atoms with Crippen LogP contribution in [0.5, 0.6) is 0 Å². The fourth-order valence-corrected chi connectivity index (χ4v) is 5.64. The van der Waals surface area contributed by atoms with Crippen LogP contribution in [0.1, 0.15) is 28.8 Å². The SMILES string of the molecule is Cn1c(=O)c(C(=O)CNc2cccc(S(=O)(=O)N3CCCC3)c2)c(N)n(Cc2ccccc2)c1=O. The number of nitrogens with two attached hydrogens (primary N) is 1. The van der Waals surface area contributed by atoms with Crippen LogP contribution in [0.2, 0.25) is 0 Å². The summed E-state index contributed by atoms with van der Waals surface area (Å²) >= 11 is 0. The lowest BCUT2D eigenvalue weighted by atomic mass is 10.1. The maximum absolute atomic E-state index is 13.0. The molecule has 2 heterocycles. The number of Topliss-reactive ketones (excluding diaryl/α,β-unsaturated/α-hetero) is 1. The molecule has 35 heavy (non-hydrogen) atoms. The summed E-state index contributed by atoms with van der Waals surface area (Å²) in [6.45, 7) is 0.763. The van der Waals surface area contributed by atoms with Gasteiger partial charge in [0.1, 0.15) is 11.4 Å². The number of sulfonamides is 1. The van der Waals surface area contributed by atoms with Gasteiger partial charge in [-0.25, -0.2) is 13.2 Å². The Kier molecular flexibility index (Phi) is 6.90. The molecule has 11 heteroatoms. The second kappa shape index (κ2) is 9.88. The van der Waals surface area contributed by atoms with Crippen molar-refractivity contribution in [3.63, 3.8) is 0 Å². The van der Waals surface area contributed by atoms with Crippen molar-refractivity contribution < 1.29 is 13.2 Å². The standard InChI is InChI=1S/C24H27N5O5S/c1-27-23(31)21(22(25)29(24(27)32)16-17-8-3-2-4-9-17)20(30)15-26-18-10-7-11-19(14-18)35(33,34)28-12-5-6-13-28/h2-4,7-11,14,26H,5-6,12-13,15-16,25H2,1H3. The van der Waals surface area contributed by atoms with Crippen molar-refractivity contribution in [3.05, 3.63) is 86.6 Å². The number of nitrogen functional groups attached to an aromatic ring is 1. The molecule has 1 aliphatic rings. The van der Waals surface area contributed by atoms with Gasteiger partial charge in [-0.15, -0.1) is 0 Å². The van der Waals surface area contributed by atoms with E-state index < -0.39 is 27.1 Å². The highest BCUT2D eigenvalue weighted by molar-refractivity contribution is 7.89. The zero-order valence-corrected chi connectivity index (χ0v) is 20.1. The Bertz CT molecular complexity index is 1470. The summed E-state index contributed by atoms with van der Waals surface area (Å²) in [4.78, 5) is 38.6. The molecule has 0 aliphatic carbocycles. The monoisotopic (exact) mass is 497 g/mol. The molecule has 10 nitrogen and oxygen atoms in total. The first-order chi connectivity index (χ1) is 16.7. The highest BCUT2D eigenvalue weighted by atomic mass is 32.2. The van der Waals surface area contributed by atoms with Gasteiger partial charge in [0.05, 0.1) is 18.0 Å². The van der Waals surface area contributed by atoms with Gasteiger partial charge in [-0.05, 0) is 36.6 Å². The summed E-state index contributed by atoms with van der Waals surface area (Å²) in [6, 6.07) is 15.3. The molecule has 1 saturated heterocycles. The molecule has 1 aromatic heterocycles. The predicted molar refractivity (Wildman–Crippen MR) is 133 cm³/mol. The number of aromatic nitrogens is 2. The molecule has 0 unspecified atom stereocenters. The van der Waals surface area contributed by atoms with E-state index in [1.165, 1.54) is 28.1 Å². The number of nitrogens with one attached hydrogen (secondary N) is 1. The molecular formula is C24H27N5O5S. The van der Waals surface area contributed by atoms with Crippen LogP contribution in [-0.4, -0.2) is 47.3 Å². The Labute approximate surface area is 202 Å². The van der Waals surface area contributed by atoms with Crippen LogP contribution in [0, 0.1) is 0 Å². The molecule has 0 saturated carbocycles. The molecule has 184 valence electrons. The van der Waals surface area contributed by atoms with Crippen LogP contribution in [0.4, 0.5) is 11.5 Å². The van der Waals surface area contributed by atoms with E-state index in [1.807, 2.05) is 30.3 Å². The summed E-state index contributed by atoms with van der Waals surface area (Å²) in [7, 11) is -2.32. The Morgan fingerprint density at radius 3 is 2.40 bits per heavy atom. The summed E-state index contributed by atoms with van der Waals surface area (Å²) in [6.07, 6.45) is 1.66. The third-order valence-corrected chi connectivity index (χ3v) is 7.93. The van der Waals surface area contributed by atoms with E-state index in [0.29, 0.717) is 18.8 Å². The average Bonchev–Trinajstić information content (AvgIpc) is 3.41. The lowest BCUT2D eigenvalue weighted by Gasteiger charge is -2.17. The largest absolute Gasteiger partial charge is 0.384 e. The zero-order chi connectivity index (χ0) is 25.2. The summed E-state index contributed by atoms with van der Waals surface area (Å²) in [5.41, 5.74) is 5.63. The zero-order valence-electron chi connectivity index (χ0n) is 19.3. The number of hydrogen-bond acceptors (Lipinski definition) is 7. The number of carbonyl (C=O) groups excluding carboxylic acids is 1. The third kappa shape index (κ3) is 4.91. The van der Waals surface area contributed by atoms with E-state index >= 15 is 0 Å². The van der Waals surface area contributed by atoms with Gasteiger partial charge in [-0.1, -0.05) is 36.4 Å². The first kappa shape index (κ1) is 24.4. The number of ketones is 1. The summed E-state index contributed by atoms with van der Waals surface area (Å²) in [5.74, 6) is -0.822. The van der Waals surface area contributed by atoms with Gasteiger partial charge in [0.15, 0.2) is 5.78 Å². The van der Waals surface area contributed by atoms with Crippen molar-refractivity contribution >= 4 is 27.3 Å². The minimum atomic E-state index is -3.61. The molecular weight excluding hydrogens is 470 g/mol. The number of carbonyl (C=O) groups is 1. The number of rotatable bonds is 8. The number of nitrogens with zero attached hydrogens (tertiary/aromatic N) is 3. The van der Waals surface area contributed by atoms with Gasteiger partial charge in [-0.2, -0.15) is 4.31 Å². The molecule has 0 amide bonds. The quantitative estimate of drug-likeness (QED) is 0.447. The number of hydrogen-bond donors (Lipinski definition) is 2. The van der Waals surface area contributed by atoms with Gasteiger partial charge < -0.3 is 11.1 Å². The first-order valence-electron chi connectivity index (χ1n) is 11.2. The van der Waals surface area contributed by atoms with E-state index in [1.54, 1.807) is 12.1 Å². The molecule has 0 atom stereocenters. The molecule has 3 aromatic rings. The summed E-state index contributed by atoms with van der Waals surface area (Å²) < 4.78 is 29.1. The van der Waals surface area contributed by atoms with Crippen LogP contribution >= 0.6 is 0 Å². The molecule has 0 spiro atoms. The molecule has 0 bridgehead atoms. The van der Waals surface area contributed by atoms with Crippen LogP contribution in [0.3, 0.4) is 0 Å². The molecule has 2 aromatic carbocycles. The van der Waals surface area contributed by atoms with Crippen molar-refractivity contribution in [2.75, 3.05) is 30.7 Å². The lowest BCUT2D eigenvalue weighted by Crippen LogP contribution is -2.43. The Balaban J connectivity index is 1.58. The van der Waals surface area contributed by atoms with Crippen molar-refractivity contribution in [2.24, 2.45) is 7.05 Å². The molecule has 4 rings (SSSR count). The van der Waals surface area contributed by atoms with Gasteiger partial charge in [0, 0.05) is 25.8 Å². The van der Waals surface area contributed by atoms with E-state index in [-0.39, 0.29) is 29.4 Å². The fraction of sp³-hybridized carbons (Fsp3) is 0.292.